The number of carbonyl (C=O) groups is 1. The fourth-order valence-corrected chi connectivity index (χ4v) is 5.67. The van der Waals surface area contributed by atoms with E-state index in [9.17, 15) is 13.2 Å². The summed E-state index contributed by atoms with van der Waals surface area (Å²) in [5, 5.41) is 7.45. The van der Waals surface area contributed by atoms with Crippen molar-refractivity contribution in [2.75, 3.05) is 18.4 Å². The third-order valence-electron chi connectivity index (χ3n) is 5.53. The molecule has 2 aromatic carbocycles. The second kappa shape index (κ2) is 9.44. The van der Waals surface area contributed by atoms with Gasteiger partial charge in [0, 0.05) is 18.8 Å². The quantitative estimate of drug-likeness (QED) is 0.579. The van der Waals surface area contributed by atoms with Crippen LogP contribution >= 0.6 is 11.6 Å². The van der Waals surface area contributed by atoms with E-state index >= 15 is 0 Å². The molecule has 9 heteroatoms. The summed E-state index contributed by atoms with van der Waals surface area (Å²) >= 11 is 6.47. The Labute approximate surface area is 193 Å². The van der Waals surface area contributed by atoms with Crippen LogP contribution in [0, 0.1) is 6.92 Å². The topological polar surface area (TPSA) is 84.3 Å². The maximum atomic E-state index is 12.9. The zero-order chi connectivity index (χ0) is 22.7. The van der Waals surface area contributed by atoms with Crippen LogP contribution in [0.4, 0.5) is 5.69 Å². The van der Waals surface area contributed by atoms with Gasteiger partial charge < -0.3 is 5.32 Å². The van der Waals surface area contributed by atoms with Gasteiger partial charge in [0.1, 0.15) is 5.15 Å². The van der Waals surface area contributed by atoms with Gasteiger partial charge in [-0.05, 0) is 49.6 Å². The van der Waals surface area contributed by atoms with Gasteiger partial charge in [0.25, 0.3) is 5.91 Å². The SMILES string of the molecule is Cc1nn(Cc2ccccc2)c(Cl)c1C(=O)Nc1ccc(S(=O)(=O)N2CCCCC2)cc1. The summed E-state index contributed by atoms with van der Waals surface area (Å²) in [5.74, 6) is -0.390. The molecule has 1 aromatic heterocycles. The zero-order valence-corrected chi connectivity index (χ0v) is 19.4. The van der Waals surface area contributed by atoms with Crippen LogP contribution in [0.15, 0.2) is 59.5 Å². The Kier molecular flexibility index (Phi) is 6.64. The van der Waals surface area contributed by atoms with Crippen molar-refractivity contribution in [3.8, 4) is 0 Å². The number of hydrogen-bond donors (Lipinski definition) is 1. The summed E-state index contributed by atoms with van der Waals surface area (Å²) in [6.07, 6.45) is 2.82. The molecule has 0 radical (unpaired) electrons. The van der Waals surface area contributed by atoms with Crippen molar-refractivity contribution >= 4 is 33.2 Å². The van der Waals surface area contributed by atoms with Gasteiger partial charge in [0.2, 0.25) is 10.0 Å². The smallest absolute Gasteiger partial charge is 0.260 e. The Morgan fingerprint density at radius 1 is 1.03 bits per heavy atom. The normalized spacial score (nSPS) is 14.9. The summed E-state index contributed by atoms with van der Waals surface area (Å²) in [6.45, 7) is 3.28. The summed E-state index contributed by atoms with van der Waals surface area (Å²) in [5.41, 5.74) is 2.33. The number of nitrogens with zero attached hydrogens (tertiary/aromatic N) is 3. The molecule has 1 fully saturated rings. The lowest BCUT2D eigenvalue weighted by atomic mass is 10.2. The number of aryl methyl sites for hydroxylation is 1. The number of halogens is 1. The number of aromatic nitrogens is 2. The Morgan fingerprint density at radius 3 is 2.34 bits per heavy atom. The van der Waals surface area contributed by atoms with E-state index in [4.69, 9.17) is 11.6 Å². The summed E-state index contributed by atoms with van der Waals surface area (Å²) in [7, 11) is -3.51. The molecule has 1 saturated heterocycles. The fraction of sp³-hybridized carbons (Fsp3) is 0.304. The molecule has 0 spiro atoms. The molecule has 0 aliphatic carbocycles. The lowest BCUT2D eigenvalue weighted by Crippen LogP contribution is -2.35. The minimum Gasteiger partial charge on any atom is -0.322 e. The molecule has 0 unspecified atom stereocenters. The van der Waals surface area contributed by atoms with Crippen molar-refractivity contribution in [1.29, 1.82) is 0 Å². The van der Waals surface area contributed by atoms with Gasteiger partial charge in [-0.15, -0.1) is 0 Å². The number of piperidine rings is 1. The number of amides is 1. The highest BCUT2D eigenvalue weighted by atomic mass is 35.5. The first-order chi connectivity index (χ1) is 15.4. The molecule has 1 N–H and O–H groups in total. The first-order valence-electron chi connectivity index (χ1n) is 10.5. The van der Waals surface area contributed by atoms with E-state index in [0.717, 1.165) is 24.8 Å². The van der Waals surface area contributed by atoms with Gasteiger partial charge in [-0.25, -0.2) is 13.1 Å². The van der Waals surface area contributed by atoms with E-state index in [1.54, 1.807) is 23.7 Å². The molecule has 4 rings (SSSR count). The largest absolute Gasteiger partial charge is 0.322 e. The predicted molar refractivity (Wildman–Crippen MR) is 125 cm³/mol. The highest BCUT2D eigenvalue weighted by molar-refractivity contribution is 7.89. The summed E-state index contributed by atoms with van der Waals surface area (Å²) in [6, 6.07) is 15.9. The lowest BCUT2D eigenvalue weighted by Gasteiger charge is -2.25. The van der Waals surface area contributed by atoms with E-state index < -0.39 is 15.9 Å². The van der Waals surface area contributed by atoms with E-state index in [1.165, 1.54) is 16.4 Å². The van der Waals surface area contributed by atoms with Gasteiger partial charge in [-0.2, -0.15) is 9.40 Å². The molecule has 2 heterocycles. The van der Waals surface area contributed by atoms with Crippen LogP contribution in [-0.4, -0.2) is 41.5 Å². The van der Waals surface area contributed by atoms with Gasteiger partial charge in [0.05, 0.1) is 22.7 Å². The molecule has 0 bridgehead atoms. The second-order valence-electron chi connectivity index (χ2n) is 7.84. The van der Waals surface area contributed by atoms with Gasteiger partial charge in [-0.1, -0.05) is 48.4 Å². The summed E-state index contributed by atoms with van der Waals surface area (Å²) < 4.78 is 28.7. The zero-order valence-electron chi connectivity index (χ0n) is 17.8. The third kappa shape index (κ3) is 4.72. The fourth-order valence-electron chi connectivity index (χ4n) is 3.83. The first kappa shape index (κ1) is 22.5. The number of sulfonamides is 1. The number of anilines is 1. The standard InChI is InChI=1S/C23H25ClN4O3S/c1-17-21(22(24)28(26-17)16-18-8-4-2-5-9-18)23(29)25-19-10-12-20(13-11-19)32(30,31)27-14-6-3-7-15-27/h2,4-5,8-13H,3,6-7,14-16H2,1H3,(H,25,29). The van der Waals surface area contributed by atoms with Gasteiger partial charge in [0.15, 0.2) is 0 Å². The molecule has 3 aromatic rings. The lowest BCUT2D eigenvalue weighted by molar-refractivity contribution is 0.102. The van der Waals surface area contributed by atoms with Crippen LogP contribution in [-0.2, 0) is 16.6 Å². The van der Waals surface area contributed by atoms with Crippen molar-refractivity contribution < 1.29 is 13.2 Å². The van der Waals surface area contributed by atoms with Gasteiger partial charge >= 0.3 is 0 Å². The Hall–Kier alpha value is -2.68. The maximum Gasteiger partial charge on any atom is 0.260 e. The Morgan fingerprint density at radius 2 is 1.69 bits per heavy atom. The van der Waals surface area contributed by atoms with E-state index in [2.05, 4.69) is 10.4 Å². The van der Waals surface area contributed by atoms with Crippen LogP contribution in [0.5, 0.6) is 0 Å². The monoisotopic (exact) mass is 472 g/mol. The van der Waals surface area contributed by atoms with E-state index in [1.807, 2.05) is 30.3 Å². The third-order valence-corrected chi connectivity index (χ3v) is 7.83. The Bertz CT molecular complexity index is 1200. The number of rotatable bonds is 6. The van der Waals surface area contributed by atoms with Crippen molar-refractivity contribution in [3.05, 3.63) is 76.6 Å². The van der Waals surface area contributed by atoms with Crippen LogP contribution < -0.4 is 5.32 Å². The first-order valence-corrected chi connectivity index (χ1v) is 12.4. The number of carbonyl (C=O) groups excluding carboxylic acids is 1. The van der Waals surface area contributed by atoms with E-state index in [0.29, 0.717) is 36.6 Å². The Balaban J connectivity index is 1.48. The maximum absolute atomic E-state index is 12.9. The van der Waals surface area contributed by atoms with E-state index in [-0.39, 0.29) is 10.0 Å². The summed E-state index contributed by atoms with van der Waals surface area (Å²) in [4.78, 5) is 13.1. The molecule has 1 aliphatic rings. The minimum atomic E-state index is -3.51. The minimum absolute atomic E-state index is 0.224. The molecule has 0 saturated carbocycles. The van der Waals surface area contributed by atoms with Crippen molar-refractivity contribution in [2.45, 2.75) is 37.6 Å². The second-order valence-corrected chi connectivity index (χ2v) is 10.1. The molecule has 0 atom stereocenters. The molecule has 1 aliphatic heterocycles. The molecule has 168 valence electrons. The van der Waals surface area contributed by atoms with Crippen LogP contribution in [0.3, 0.4) is 0 Å². The van der Waals surface area contributed by atoms with Gasteiger partial charge in [-0.3, -0.25) is 4.79 Å². The molecule has 7 nitrogen and oxygen atoms in total. The highest BCUT2D eigenvalue weighted by Crippen LogP contribution is 2.24. The molecule has 1 amide bonds. The van der Waals surface area contributed by atoms with Crippen molar-refractivity contribution in [1.82, 2.24) is 14.1 Å². The molecule has 32 heavy (non-hydrogen) atoms. The number of benzene rings is 2. The van der Waals surface area contributed by atoms with Crippen LogP contribution in [0.25, 0.3) is 0 Å². The molecular weight excluding hydrogens is 448 g/mol. The van der Waals surface area contributed by atoms with Crippen molar-refractivity contribution in [2.24, 2.45) is 0 Å². The van der Waals surface area contributed by atoms with Crippen LogP contribution in [0.2, 0.25) is 5.15 Å². The predicted octanol–water partition coefficient (Wildman–Crippen LogP) is 4.32. The van der Waals surface area contributed by atoms with Crippen LogP contribution in [0.1, 0.15) is 40.9 Å². The average molecular weight is 473 g/mol. The highest BCUT2D eigenvalue weighted by Gasteiger charge is 2.26. The number of nitrogens with one attached hydrogen (secondary N) is 1. The molecular formula is C23H25ClN4O3S. The number of hydrogen-bond acceptors (Lipinski definition) is 4. The average Bonchev–Trinajstić information content (AvgIpc) is 3.08. The van der Waals surface area contributed by atoms with Crippen molar-refractivity contribution in [3.63, 3.8) is 0 Å².